The second kappa shape index (κ2) is 8.68. The van der Waals surface area contributed by atoms with Gasteiger partial charge in [-0.05, 0) is 55.5 Å². The van der Waals surface area contributed by atoms with Crippen LogP contribution in [0.2, 0.25) is 0 Å². The Morgan fingerprint density at radius 3 is 2.55 bits per heavy atom. The molecular formula is C13H20N4OS2. The van der Waals surface area contributed by atoms with Gasteiger partial charge >= 0.3 is 0 Å². The van der Waals surface area contributed by atoms with Crippen molar-refractivity contribution in [3.63, 3.8) is 0 Å². The van der Waals surface area contributed by atoms with E-state index in [0.29, 0.717) is 23.4 Å². The smallest absolute Gasteiger partial charge is 0.189 e. The number of benzene rings is 1. The van der Waals surface area contributed by atoms with Gasteiger partial charge in [0.25, 0.3) is 0 Å². The van der Waals surface area contributed by atoms with Gasteiger partial charge in [-0.25, -0.2) is 0 Å². The second-order valence-electron chi connectivity index (χ2n) is 4.20. The minimum Gasteiger partial charge on any atom is -0.383 e. The molecule has 0 aliphatic carbocycles. The normalized spacial score (nSPS) is 9.75. The van der Waals surface area contributed by atoms with Crippen molar-refractivity contribution in [2.45, 2.75) is 13.8 Å². The molecule has 0 spiro atoms. The fourth-order valence-corrected chi connectivity index (χ4v) is 1.78. The van der Waals surface area contributed by atoms with Crippen LogP contribution in [-0.4, -0.2) is 30.5 Å². The lowest BCUT2D eigenvalue weighted by Crippen LogP contribution is -2.48. The Morgan fingerprint density at radius 2 is 1.85 bits per heavy atom. The highest BCUT2D eigenvalue weighted by atomic mass is 32.1. The van der Waals surface area contributed by atoms with Gasteiger partial charge in [0, 0.05) is 19.3 Å². The molecule has 0 unspecified atom stereocenters. The molecule has 1 aromatic rings. The number of anilines is 1. The summed E-state index contributed by atoms with van der Waals surface area (Å²) in [5, 5.41) is 7.01. The monoisotopic (exact) mass is 312 g/mol. The maximum Gasteiger partial charge on any atom is 0.189 e. The highest BCUT2D eigenvalue weighted by Crippen LogP contribution is 2.17. The summed E-state index contributed by atoms with van der Waals surface area (Å²) in [5.41, 5.74) is 8.99. The predicted molar refractivity (Wildman–Crippen MR) is 90.9 cm³/mol. The first-order chi connectivity index (χ1) is 9.54. The summed E-state index contributed by atoms with van der Waals surface area (Å²) in [5.74, 6) is 0. The maximum atomic E-state index is 5.20. The third-order valence-corrected chi connectivity index (χ3v) is 3.18. The quantitative estimate of drug-likeness (QED) is 0.383. The molecule has 20 heavy (non-hydrogen) atoms. The Kier molecular flexibility index (Phi) is 7.21. The summed E-state index contributed by atoms with van der Waals surface area (Å²) in [7, 11) is 1.64. The first-order valence-electron chi connectivity index (χ1n) is 6.20. The summed E-state index contributed by atoms with van der Waals surface area (Å²) in [6.07, 6.45) is 0. The molecule has 0 radical (unpaired) electrons. The van der Waals surface area contributed by atoms with Gasteiger partial charge in [0.05, 0.1) is 6.61 Å². The van der Waals surface area contributed by atoms with E-state index in [1.165, 1.54) is 5.56 Å². The molecule has 0 heterocycles. The van der Waals surface area contributed by atoms with Gasteiger partial charge in [0.15, 0.2) is 10.2 Å². The van der Waals surface area contributed by atoms with E-state index in [1.54, 1.807) is 7.11 Å². The molecule has 1 aromatic carbocycles. The van der Waals surface area contributed by atoms with Gasteiger partial charge in [-0.15, -0.1) is 0 Å². The van der Waals surface area contributed by atoms with Gasteiger partial charge < -0.3 is 15.4 Å². The zero-order valence-electron chi connectivity index (χ0n) is 11.9. The molecule has 0 bridgehead atoms. The number of hydrazine groups is 1. The van der Waals surface area contributed by atoms with Crippen molar-refractivity contribution in [1.29, 1.82) is 0 Å². The van der Waals surface area contributed by atoms with Crippen LogP contribution in [0.5, 0.6) is 0 Å². The Hall–Kier alpha value is -1.44. The molecule has 5 nitrogen and oxygen atoms in total. The van der Waals surface area contributed by atoms with E-state index in [-0.39, 0.29) is 0 Å². The van der Waals surface area contributed by atoms with Crippen molar-refractivity contribution in [3.8, 4) is 0 Å². The summed E-state index contributed by atoms with van der Waals surface area (Å²) >= 11 is 10.3. The van der Waals surface area contributed by atoms with E-state index in [9.17, 15) is 0 Å². The molecule has 110 valence electrons. The van der Waals surface area contributed by atoms with Gasteiger partial charge in [0.2, 0.25) is 0 Å². The number of nitrogens with one attached hydrogen (secondary N) is 4. The largest absolute Gasteiger partial charge is 0.383 e. The molecule has 0 aliphatic heterocycles. The van der Waals surface area contributed by atoms with E-state index in [2.05, 4.69) is 34.5 Å². The lowest BCUT2D eigenvalue weighted by atomic mass is 10.1. The lowest BCUT2D eigenvalue weighted by Gasteiger charge is -2.15. The average Bonchev–Trinajstić information content (AvgIpc) is 2.42. The Balaban J connectivity index is 2.37. The van der Waals surface area contributed by atoms with Crippen LogP contribution in [-0.2, 0) is 4.74 Å². The van der Waals surface area contributed by atoms with Gasteiger partial charge in [0.1, 0.15) is 0 Å². The number of hydrogen-bond donors (Lipinski definition) is 4. The molecule has 0 fully saturated rings. The predicted octanol–water partition coefficient (Wildman–Crippen LogP) is 1.62. The minimum atomic E-state index is 0.453. The van der Waals surface area contributed by atoms with E-state index < -0.39 is 0 Å². The van der Waals surface area contributed by atoms with Crippen molar-refractivity contribution in [2.24, 2.45) is 0 Å². The third kappa shape index (κ3) is 5.68. The Labute approximate surface area is 130 Å². The maximum absolute atomic E-state index is 5.20. The number of hydrogen-bond acceptors (Lipinski definition) is 3. The average molecular weight is 312 g/mol. The Bertz CT molecular complexity index is 479. The van der Waals surface area contributed by atoms with Crippen molar-refractivity contribution >= 4 is 40.3 Å². The molecule has 0 saturated carbocycles. The molecular weight excluding hydrogens is 292 g/mol. The molecule has 0 aliphatic rings. The van der Waals surface area contributed by atoms with E-state index in [4.69, 9.17) is 29.2 Å². The topological polar surface area (TPSA) is 57.4 Å². The van der Waals surface area contributed by atoms with E-state index in [0.717, 1.165) is 11.3 Å². The van der Waals surface area contributed by atoms with Crippen molar-refractivity contribution in [3.05, 3.63) is 29.3 Å². The standard InChI is InChI=1S/C13H20N4OS2/c1-9-5-4-6-11(10(9)2)15-13(20)17-16-12(19)14-7-8-18-3/h4-6H,7-8H2,1-3H3,(H2,14,16,19)(H2,15,17,20). The number of thiocarbonyl (C=S) groups is 2. The SMILES string of the molecule is COCCNC(=S)NNC(=S)Nc1cccc(C)c1C. The van der Waals surface area contributed by atoms with Crippen LogP contribution in [0.1, 0.15) is 11.1 Å². The minimum absolute atomic E-state index is 0.453. The molecule has 1 rings (SSSR count). The molecule has 7 heteroatoms. The van der Waals surface area contributed by atoms with Gasteiger partial charge in [-0.1, -0.05) is 12.1 Å². The third-order valence-electron chi connectivity index (χ3n) is 2.73. The van der Waals surface area contributed by atoms with Gasteiger partial charge in [-0.3, -0.25) is 10.9 Å². The fourth-order valence-electron chi connectivity index (χ4n) is 1.46. The Morgan fingerprint density at radius 1 is 1.15 bits per heavy atom. The van der Waals surface area contributed by atoms with Gasteiger partial charge in [-0.2, -0.15) is 0 Å². The molecule has 0 aromatic heterocycles. The first kappa shape index (κ1) is 16.6. The van der Waals surface area contributed by atoms with Crippen molar-refractivity contribution < 1.29 is 4.74 Å². The number of rotatable bonds is 4. The highest BCUT2D eigenvalue weighted by Gasteiger charge is 2.03. The van der Waals surface area contributed by atoms with Crippen LogP contribution in [0.25, 0.3) is 0 Å². The van der Waals surface area contributed by atoms with Crippen LogP contribution in [0.4, 0.5) is 5.69 Å². The number of ether oxygens (including phenoxy) is 1. The second-order valence-corrected chi connectivity index (χ2v) is 5.02. The molecule has 0 saturated heterocycles. The summed E-state index contributed by atoms with van der Waals surface area (Å²) < 4.78 is 4.91. The van der Waals surface area contributed by atoms with Crippen molar-refractivity contribution in [1.82, 2.24) is 16.2 Å². The number of aryl methyl sites for hydroxylation is 1. The summed E-state index contributed by atoms with van der Waals surface area (Å²) in [4.78, 5) is 0. The summed E-state index contributed by atoms with van der Waals surface area (Å²) in [6, 6.07) is 6.02. The van der Waals surface area contributed by atoms with E-state index >= 15 is 0 Å². The zero-order chi connectivity index (χ0) is 15.0. The van der Waals surface area contributed by atoms with Crippen LogP contribution in [0.15, 0.2) is 18.2 Å². The first-order valence-corrected chi connectivity index (χ1v) is 7.02. The van der Waals surface area contributed by atoms with Crippen molar-refractivity contribution in [2.75, 3.05) is 25.6 Å². The van der Waals surface area contributed by atoms with E-state index in [1.807, 2.05) is 19.1 Å². The number of methoxy groups -OCH3 is 1. The molecule has 0 atom stereocenters. The summed E-state index contributed by atoms with van der Waals surface area (Å²) in [6.45, 7) is 5.34. The molecule has 4 N–H and O–H groups in total. The van der Waals surface area contributed by atoms with Crippen LogP contribution >= 0.6 is 24.4 Å². The lowest BCUT2D eigenvalue weighted by molar-refractivity contribution is 0.204. The molecule has 0 amide bonds. The van der Waals surface area contributed by atoms with Crippen LogP contribution in [0, 0.1) is 13.8 Å². The van der Waals surface area contributed by atoms with Crippen LogP contribution < -0.4 is 21.5 Å². The highest BCUT2D eigenvalue weighted by molar-refractivity contribution is 7.80. The zero-order valence-corrected chi connectivity index (χ0v) is 13.5. The van der Waals surface area contributed by atoms with Crippen LogP contribution in [0.3, 0.4) is 0 Å². The fraction of sp³-hybridized carbons (Fsp3) is 0.385.